The zero-order valence-corrected chi connectivity index (χ0v) is 14.1. The molecule has 0 bridgehead atoms. The van der Waals surface area contributed by atoms with Gasteiger partial charge in [0.05, 0.1) is 11.8 Å². The maximum Gasteiger partial charge on any atom is 0.330 e. The largest absolute Gasteiger partial charge is 0.506 e. The second-order valence-corrected chi connectivity index (χ2v) is 8.07. The van der Waals surface area contributed by atoms with E-state index in [4.69, 9.17) is 0 Å². The fraction of sp³-hybridized carbons (Fsp3) is 0.500. The van der Waals surface area contributed by atoms with Crippen LogP contribution < -0.4 is 9.03 Å². The van der Waals surface area contributed by atoms with E-state index in [1.807, 2.05) is 4.72 Å². The maximum atomic E-state index is 11.8. The van der Waals surface area contributed by atoms with Gasteiger partial charge in [0, 0.05) is 0 Å². The van der Waals surface area contributed by atoms with Crippen LogP contribution in [0.3, 0.4) is 0 Å². The van der Waals surface area contributed by atoms with Crippen LogP contribution in [0.1, 0.15) is 44.1 Å². The van der Waals surface area contributed by atoms with E-state index in [1.54, 1.807) is 6.07 Å². The molecule has 1 aliphatic carbocycles. The van der Waals surface area contributed by atoms with Gasteiger partial charge in [-0.1, -0.05) is 25.3 Å². The highest BCUT2D eigenvalue weighted by atomic mass is 32.2. The highest BCUT2D eigenvalue weighted by Crippen LogP contribution is 2.35. The predicted octanol–water partition coefficient (Wildman–Crippen LogP) is 2.03. The number of aryl methyl sites for hydroxylation is 1. The number of nitrogens with zero attached hydrogens (tertiary/aromatic N) is 1. The molecule has 1 aliphatic heterocycles. The predicted molar refractivity (Wildman–Crippen MR) is 89.7 cm³/mol. The first-order chi connectivity index (χ1) is 11.3. The van der Waals surface area contributed by atoms with Crippen LogP contribution in [0.25, 0.3) is 0 Å². The van der Waals surface area contributed by atoms with E-state index in [0.717, 1.165) is 48.2 Å². The number of aromatic hydroxyl groups is 1. The summed E-state index contributed by atoms with van der Waals surface area (Å²) in [5, 5.41) is 30.0. The highest BCUT2D eigenvalue weighted by Gasteiger charge is 2.31. The lowest BCUT2D eigenvalue weighted by molar-refractivity contribution is -0.00343. The molecule has 24 heavy (non-hydrogen) atoms. The first kappa shape index (κ1) is 16.9. The minimum Gasteiger partial charge on any atom is -0.506 e. The average molecular weight is 354 g/mol. The topological polar surface area (TPSA) is 110 Å². The van der Waals surface area contributed by atoms with Crippen molar-refractivity contribution in [1.82, 2.24) is 4.72 Å². The fourth-order valence-corrected chi connectivity index (χ4v) is 4.40. The summed E-state index contributed by atoms with van der Waals surface area (Å²) >= 11 is 0. The molecule has 1 fully saturated rings. The zero-order valence-electron chi connectivity index (χ0n) is 13.3. The Labute approximate surface area is 141 Å². The van der Waals surface area contributed by atoms with Crippen LogP contribution in [0.5, 0.6) is 5.75 Å². The summed E-state index contributed by atoms with van der Waals surface area (Å²) in [6.07, 6.45) is 7.07. The number of anilines is 1. The number of benzene rings is 1. The average Bonchev–Trinajstić information content (AvgIpc) is 2.79. The molecule has 0 atom stereocenters. The minimum absolute atomic E-state index is 0.0617. The summed E-state index contributed by atoms with van der Waals surface area (Å²) in [6, 6.07) is 4.71. The van der Waals surface area contributed by atoms with Gasteiger partial charge in [-0.2, -0.15) is 8.42 Å². The van der Waals surface area contributed by atoms with Gasteiger partial charge in [0.1, 0.15) is 11.4 Å². The van der Waals surface area contributed by atoms with Crippen molar-refractivity contribution < 1.29 is 23.7 Å². The Morgan fingerprint density at radius 1 is 1.17 bits per heavy atom. The van der Waals surface area contributed by atoms with Gasteiger partial charge in [-0.15, -0.1) is 0 Å². The molecule has 0 unspecified atom stereocenters. The van der Waals surface area contributed by atoms with Crippen LogP contribution in [-0.2, 0) is 16.6 Å². The Hall–Kier alpha value is -1.93. The van der Waals surface area contributed by atoms with Gasteiger partial charge in [-0.25, -0.2) is 9.03 Å². The minimum atomic E-state index is -3.92. The summed E-state index contributed by atoms with van der Waals surface area (Å²) < 4.78 is 26.4. The van der Waals surface area contributed by atoms with E-state index in [0.29, 0.717) is 12.8 Å². The van der Waals surface area contributed by atoms with Gasteiger partial charge in [0.2, 0.25) is 5.88 Å². The van der Waals surface area contributed by atoms with Gasteiger partial charge in [0.25, 0.3) is 0 Å². The first-order valence-corrected chi connectivity index (χ1v) is 9.50. The van der Waals surface area contributed by atoms with E-state index in [9.17, 15) is 23.7 Å². The second-order valence-electron chi connectivity index (χ2n) is 6.53. The Bertz CT molecular complexity index is 754. The first-order valence-electron chi connectivity index (χ1n) is 8.06. The molecule has 3 rings (SSSR count). The molecule has 0 spiro atoms. The molecule has 0 aromatic heterocycles. The van der Waals surface area contributed by atoms with Gasteiger partial charge >= 0.3 is 10.2 Å². The van der Waals surface area contributed by atoms with Crippen molar-refractivity contribution in [3.63, 3.8) is 0 Å². The van der Waals surface area contributed by atoms with Crippen LogP contribution in [0.2, 0.25) is 0 Å². The summed E-state index contributed by atoms with van der Waals surface area (Å²) in [6.45, 7) is 0. The monoisotopic (exact) mass is 354 g/mol. The fourth-order valence-electron chi connectivity index (χ4n) is 3.33. The van der Waals surface area contributed by atoms with E-state index in [2.05, 4.69) is 0 Å². The third kappa shape index (κ3) is 3.44. The van der Waals surface area contributed by atoms with Crippen LogP contribution in [0.15, 0.2) is 30.3 Å². The summed E-state index contributed by atoms with van der Waals surface area (Å²) in [5.74, 6) is -0.697. The zero-order chi connectivity index (χ0) is 17.4. The number of nitrogens with one attached hydrogen (secondary N) is 1. The van der Waals surface area contributed by atoms with Crippen molar-refractivity contribution in [3.05, 3.63) is 35.8 Å². The van der Waals surface area contributed by atoms with Gasteiger partial charge in [0.15, 0.2) is 0 Å². The quantitative estimate of drug-likeness (QED) is 0.661. The maximum absolute atomic E-state index is 11.8. The lowest BCUT2D eigenvalue weighted by atomic mass is 9.81. The summed E-state index contributed by atoms with van der Waals surface area (Å²) in [4.78, 5) is 0. The molecular formula is C16H22N2O5S. The van der Waals surface area contributed by atoms with Crippen molar-refractivity contribution in [1.29, 1.82) is 0 Å². The summed E-state index contributed by atoms with van der Waals surface area (Å²) in [5.41, 5.74) is 0.253. The van der Waals surface area contributed by atoms with Crippen molar-refractivity contribution in [2.75, 3.05) is 4.31 Å². The van der Waals surface area contributed by atoms with Crippen LogP contribution in [0, 0.1) is 0 Å². The second kappa shape index (κ2) is 6.18. The molecule has 4 N–H and O–H groups in total. The normalized spacial score (nSPS) is 22.0. The van der Waals surface area contributed by atoms with E-state index >= 15 is 0 Å². The Morgan fingerprint density at radius 3 is 2.46 bits per heavy atom. The number of aliphatic hydroxyl groups excluding tert-OH is 1. The van der Waals surface area contributed by atoms with Crippen molar-refractivity contribution in [2.24, 2.45) is 0 Å². The van der Waals surface area contributed by atoms with Crippen molar-refractivity contribution >= 4 is 15.9 Å². The van der Waals surface area contributed by atoms with Crippen LogP contribution in [-0.4, -0.2) is 29.3 Å². The molecule has 1 saturated carbocycles. The van der Waals surface area contributed by atoms with Crippen molar-refractivity contribution in [3.8, 4) is 5.75 Å². The molecule has 8 heteroatoms. The molecular weight excluding hydrogens is 332 g/mol. The Kier molecular flexibility index (Phi) is 4.35. The highest BCUT2D eigenvalue weighted by molar-refractivity contribution is 7.91. The molecule has 0 saturated heterocycles. The molecule has 0 radical (unpaired) electrons. The summed E-state index contributed by atoms with van der Waals surface area (Å²) in [7, 11) is -3.92. The molecule has 1 aromatic carbocycles. The van der Waals surface area contributed by atoms with Gasteiger partial charge in [-0.05, 0) is 43.4 Å². The smallest absolute Gasteiger partial charge is 0.330 e. The lowest BCUT2D eigenvalue weighted by Crippen LogP contribution is -2.31. The molecule has 0 amide bonds. The van der Waals surface area contributed by atoms with E-state index < -0.39 is 21.7 Å². The number of phenolic OH excluding ortho intramolecular Hbond substituents is 1. The number of phenols is 1. The van der Waals surface area contributed by atoms with Crippen molar-refractivity contribution in [2.45, 2.75) is 50.5 Å². The molecule has 2 aliphatic rings. The molecule has 132 valence electrons. The Morgan fingerprint density at radius 2 is 1.88 bits per heavy atom. The van der Waals surface area contributed by atoms with Gasteiger partial charge < -0.3 is 15.3 Å². The molecule has 7 nitrogen and oxygen atoms in total. The number of aliphatic hydroxyl groups is 2. The van der Waals surface area contributed by atoms with Crippen LogP contribution >= 0.6 is 0 Å². The number of hydrogen-bond acceptors (Lipinski definition) is 5. The number of hydrogen-bond donors (Lipinski definition) is 4. The number of rotatable bonds is 4. The van der Waals surface area contributed by atoms with Crippen LogP contribution in [0.4, 0.5) is 5.69 Å². The third-order valence-corrected chi connectivity index (χ3v) is 5.96. The third-order valence-electron chi connectivity index (χ3n) is 4.67. The van der Waals surface area contributed by atoms with Gasteiger partial charge in [-0.3, -0.25) is 0 Å². The van der Waals surface area contributed by atoms with E-state index in [-0.39, 0.29) is 11.4 Å². The van der Waals surface area contributed by atoms with E-state index in [1.165, 1.54) is 12.1 Å². The molecule has 1 aromatic rings. The standard InChI is InChI=1S/C16H22N2O5S/c19-14-10-12(6-9-16(21)7-2-1-3-8-16)4-5-13(14)18-11-15(20)17-24(18,22)23/h4-5,10-11,17,19-21H,1-3,6-9H2. The Balaban J connectivity index is 1.73. The molecule has 1 heterocycles. The SMILES string of the molecule is O=S1(=O)NC(O)=CN1c1ccc(CCC2(O)CCCCC2)cc1O. The lowest BCUT2D eigenvalue weighted by Gasteiger charge is -2.32.